The Morgan fingerprint density at radius 3 is 2.88 bits per heavy atom. The molecule has 3 nitrogen and oxygen atoms in total. The van der Waals surface area contributed by atoms with Gasteiger partial charge in [0.2, 0.25) is 0 Å². The number of ether oxygens (including phenoxy) is 1. The molecule has 1 heterocycles. The second-order valence-electron chi connectivity index (χ2n) is 3.64. The van der Waals surface area contributed by atoms with Gasteiger partial charge in [0, 0.05) is 10.9 Å². The fourth-order valence-electron chi connectivity index (χ4n) is 1.69. The van der Waals surface area contributed by atoms with E-state index in [1.165, 1.54) is 12.1 Å². The molecule has 1 unspecified atom stereocenters. The van der Waals surface area contributed by atoms with Gasteiger partial charge in [-0.05, 0) is 24.6 Å². The van der Waals surface area contributed by atoms with Crippen molar-refractivity contribution in [3.63, 3.8) is 0 Å². The van der Waals surface area contributed by atoms with Crippen LogP contribution in [0, 0.1) is 5.82 Å². The van der Waals surface area contributed by atoms with Gasteiger partial charge in [-0.2, -0.15) is 0 Å². The van der Waals surface area contributed by atoms with E-state index in [0.717, 1.165) is 0 Å². The lowest BCUT2D eigenvalue weighted by atomic mass is 9.96. The van der Waals surface area contributed by atoms with Crippen molar-refractivity contribution in [3.05, 3.63) is 34.1 Å². The van der Waals surface area contributed by atoms with Gasteiger partial charge in [0.05, 0.1) is 12.2 Å². The monoisotopic (exact) mass is 288 g/mol. The van der Waals surface area contributed by atoms with E-state index in [1.807, 2.05) is 0 Å². The normalized spacial score (nSPS) is 25.8. The minimum absolute atomic E-state index is 0.125. The zero-order valence-electron chi connectivity index (χ0n) is 8.37. The molecule has 0 saturated carbocycles. The first kappa shape index (κ1) is 11.7. The molecule has 5 heteroatoms. The molecule has 0 spiro atoms. The van der Waals surface area contributed by atoms with E-state index < -0.39 is 17.4 Å². The van der Waals surface area contributed by atoms with Crippen molar-refractivity contribution in [2.75, 3.05) is 6.61 Å². The molecule has 86 valence electrons. The van der Waals surface area contributed by atoms with Gasteiger partial charge >= 0.3 is 0 Å². The molecule has 0 bridgehead atoms. The fraction of sp³-hybridized carbons (Fsp3) is 0.364. The van der Waals surface area contributed by atoms with Crippen molar-refractivity contribution in [2.45, 2.75) is 18.6 Å². The summed E-state index contributed by atoms with van der Waals surface area (Å²) in [6.45, 7) is 0.248. The number of carbonyl (C=O) groups is 1. The maximum absolute atomic E-state index is 13.6. The van der Waals surface area contributed by atoms with Crippen LogP contribution in [0.3, 0.4) is 0 Å². The van der Waals surface area contributed by atoms with Crippen molar-refractivity contribution >= 4 is 21.7 Å². The van der Waals surface area contributed by atoms with Gasteiger partial charge in [-0.15, -0.1) is 0 Å². The van der Waals surface area contributed by atoms with Crippen molar-refractivity contribution < 1.29 is 19.0 Å². The topological polar surface area (TPSA) is 46.5 Å². The van der Waals surface area contributed by atoms with Crippen LogP contribution in [0.4, 0.5) is 4.39 Å². The molecular formula is C11H10BrFO3. The lowest BCUT2D eigenvalue weighted by molar-refractivity contribution is -0.222. The number of carbonyl (C=O) groups excluding carboxylic acids is 1. The van der Waals surface area contributed by atoms with Gasteiger partial charge in [-0.25, -0.2) is 4.39 Å². The molecule has 1 fully saturated rings. The van der Waals surface area contributed by atoms with Gasteiger partial charge in [-0.3, -0.25) is 4.79 Å². The van der Waals surface area contributed by atoms with E-state index >= 15 is 0 Å². The van der Waals surface area contributed by atoms with Gasteiger partial charge in [0.1, 0.15) is 5.82 Å². The zero-order chi connectivity index (χ0) is 11.8. The minimum atomic E-state index is -2.12. The quantitative estimate of drug-likeness (QED) is 0.861. The summed E-state index contributed by atoms with van der Waals surface area (Å²) in [6, 6.07) is 4.10. The number of aliphatic hydroxyl groups is 1. The average molecular weight is 289 g/mol. The van der Waals surface area contributed by atoms with Crippen molar-refractivity contribution in [3.8, 4) is 0 Å². The number of ketones is 1. The van der Waals surface area contributed by atoms with Crippen LogP contribution < -0.4 is 0 Å². The molecular weight excluding hydrogens is 279 g/mol. The number of halogens is 2. The third kappa shape index (κ3) is 1.90. The summed E-state index contributed by atoms with van der Waals surface area (Å²) in [5.74, 6) is -3.28. The number of benzene rings is 1. The van der Waals surface area contributed by atoms with E-state index in [0.29, 0.717) is 10.9 Å². The van der Waals surface area contributed by atoms with Crippen LogP contribution in [0.15, 0.2) is 22.7 Å². The molecule has 1 saturated heterocycles. The summed E-state index contributed by atoms with van der Waals surface area (Å²) in [5, 5.41) is 10.1. The first-order chi connectivity index (χ1) is 7.54. The Labute approximate surface area is 100 Å². The van der Waals surface area contributed by atoms with E-state index in [9.17, 15) is 14.3 Å². The van der Waals surface area contributed by atoms with E-state index in [1.54, 1.807) is 6.07 Å². The molecule has 0 radical (unpaired) electrons. The first-order valence-corrected chi connectivity index (χ1v) is 5.68. The number of rotatable bonds is 1. The molecule has 1 aromatic rings. The molecule has 16 heavy (non-hydrogen) atoms. The third-order valence-electron chi connectivity index (χ3n) is 2.53. The Balaban J connectivity index is 2.45. The molecule has 0 aromatic heterocycles. The Morgan fingerprint density at radius 2 is 2.25 bits per heavy atom. The highest BCUT2D eigenvalue weighted by atomic mass is 79.9. The van der Waals surface area contributed by atoms with Crippen molar-refractivity contribution in [2.24, 2.45) is 0 Å². The molecule has 1 aliphatic heterocycles. The molecule has 1 N–H and O–H groups in total. The summed E-state index contributed by atoms with van der Waals surface area (Å²) >= 11 is 3.11. The van der Waals surface area contributed by atoms with E-state index in [2.05, 4.69) is 15.9 Å². The summed E-state index contributed by atoms with van der Waals surface area (Å²) in [7, 11) is 0. The summed E-state index contributed by atoms with van der Waals surface area (Å²) in [5.41, 5.74) is -0.125. The highest BCUT2D eigenvalue weighted by molar-refractivity contribution is 9.10. The van der Waals surface area contributed by atoms with E-state index in [-0.39, 0.29) is 18.6 Å². The smallest absolute Gasteiger partial charge is 0.256 e. The summed E-state index contributed by atoms with van der Waals surface area (Å²) in [6.07, 6.45) is 0.755. The van der Waals surface area contributed by atoms with E-state index in [4.69, 9.17) is 4.74 Å². The maximum Gasteiger partial charge on any atom is 0.256 e. The van der Waals surface area contributed by atoms with Crippen LogP contribution in [0.5, 0.6) is 0 Å². The van der Waals surface area contributed by atoms with Crippen molar-refractivity contribution in [1.29, 1.82) is 0 Å². The summed E-state index contributed by atoms with van der Waals surface area (Å²) in [4.78, 5) is 11.6. The van der Waals surface area contributed by atoms with Gasteiger partial charge < -0.3 is 9.84 Å². The lowest BCUT2D eigenvalue weighted by Crippen LogP contribution is -2.42. The SMILES string of the molecule is O=C1CCCOC1(O)c1ccc(Br)cc1F. The Hall–Kier alpha value is -0.780. The summed E-state index contributed by atoms with van der Waals surface area (Å²) < 4.78 is 19.2. The van der Waals surface area contributed by atoms with Crippen LogP contribution in [0.1, 0.15) is 18.4 Å². The molecule has 0 aliphatic carbocycles. The minimum Gasteiger partial charge on any atom is -0.356 e. The fourth-order valence-corrected chi connectivity index (χ4v) is 2.03. The van der Waals surface area contributed by atoms with Gasteiger partial charge in [0.25, 0.3) is 5.79 Å². The Morgan fingerprint density at radius 1 is 1.50 bits per heavy atom. The number of hydrogen-bond donors (Lipinski definition) is 1. The second kappa shape index (κ2) is 4.24. The third-order valence-corrected chi connectivity index (χ3v) is 3.03. The van der Waals surface area contributed by atoms with Crippen LogP contribution in [0.2, 0.25) is 0 Å². The van der Waals surface area contributed by atoms with Crippen LogP contribution in [0.25, 0.3) is 0 Å². The Bertz CT molecular complexity index is 435. The zero-order valence-corrected chi connectivity index (χ0v) is 9.96. The van der Waals surface area contributed by atoms with Crippen LogP contribution in [-0.4, -0.2) is 17.5 Å². The maximum atomic E-state index is 13.6. The molecule has 0 amide bonds. The molecule has 2 rings (SSSR count). The lowest BCUT2D eigenvalue weighted by Gasteiger charge is -2.31. The standard InChI is InChI=1S/C11H10BrFO3/c12-7-3-4-8(9(13)6-7)11(15)10(14)2-1-5-16-11/h3-4,6,15H,1-2,5H2. The van der Waals surface area contributed by atoms with Crippen molar-refractivity contribution in [1.82, 2.24) is 0 Å². The predicted molar refractivity (Wildman–Crippen MR) is 58.2 cm³/mol. The number of hydrogen-bond acceptors (Lipinski definition) is 3. The van der Waals surface area contributed by atoms with Gasteiger partial charge in [-0.1, -0.05) is 15.9 Å². The van der Waals surface area contributed by atoms with Crippen LogP contribution >= 0.6 is 15.9 Å². The second-order valence-corrected chi connectivity index (χ2v) is 4.56. The molecule has 1 aromatic carbocycles. The molecule has 1 atom stereocenters. The largest absolute Gasteiger partial charge is 0.356 e. The van der Waals surface area contributed by atoms with Gasteiger partial charge in [0.15, 0.2) is 5.78 Å². The first-order valence-electron chi connectivity index (χ1n) is 4.89. The predicted octanol–water partition coefficient (Wildman–Crippen LogP) is 2.11. The highest BCUT2D eigenvalue weighted by Gasteiger charge is 2.43. The highest BCUT2D eigenvalue weighted by Crippen LogP contribution is 2.32. The van der Waals surface area contributed by atoms with Crippen LogP contribution in [-0.2, 0) is 15.3 Å². The Kier molecular flexibility index (Phi) is 3.10. The average Bonchev–Trinajstić information content (AvgIpc) is 2.22. The molecule has 1 aliphatic rings. The number of Topliss-reactive ketones (excluding diaryl/α,β-unsaturated/α-hetero) is 1.